The Bertz CT molecular complexity index is 1370. The van der Waals surface area contributed by atoms with Gasteiger partial charge in [0, 0.05) is 0 Å². The zero-order chi connectivity index (χ0) is 35.1. The summed E-state index contributed by atoms with van der Waals surface area (Å²) < 4.78 is 6.64. The third-order valence-corrected chi connectivity index (χ3v) is 20.3. The molecule has 276 valence electrons. The molecule has 49 heavy (non-hydrogen) atoms. The molecule has 2 aromatic carbocycles. The van der Waals surface area contributed by atoms with Crippen LogP contribution in [0.3, 0.4) is 0 Å². The second-order valence-corrected chi connectivity index (χ2v) is 27.6. The number of rotatable bonds is 7. The van der Waals surface area contributed by atoms with Crippen LogP contribution in [-0.4, -0.2) is 45.8 Å². The van der Waals surface area contributed by atoms with E-state index in [9.17, 15) is 0 Å². The van der Waals surface area contributed by atoms with E-state index in [2.05, 4.69) is 75.6 Å². The normalized spacial score (nSPS) is 20.5. The molecule has 1 heterocycles. The fraction of sp³-hybridized carbons (Fsp3) is 0.667. The molecule has 2 aromatic rings. The summed E-state index contributed by atoms with van der Waals surface area (Å²) >= 11 is -3.43. The van der Waals surface area contributed by atoms with Gasteiger partial charge < -0.3 is 0 Å². The number of halogens is 2. The first-order valence-corrected chi connectivity index (χ1v) is 27.3. The van der Waals surface area contributed by atoms with Crippen LogP contribution < -0.4 is 9.80 Å². The van der Waals surface area contributed by atoms with Crippen molar-refractivity contribution in [3.8, 4) is 0 Å². The molecule has 1 aliphatic heterocycles. The summed E-state index contributed by atoms with van der Waals surface area (Å²) in [6.45, 7) is 17.1. The van der Waals surface area contributed by atoms with E-state index in [4.69, 9.17) is 24.1 Å². The maximum atomic E-state index is 7.12. The number of benzene rings is 2. The zero-order valence-corrected chi connectivity index (χ0v) is 35.9. The van der Waals surface area contributed by atoms with Gasteiger partial charge in [0.15, 0.2) is 0 Å². The van der Waals surface area contributed by atoms with Crippen molar-refractivity contribution >= 4 is 47.8 Å². The predicted molar refractivity (Wildman–Crippen MR) is 218 cm³/mol. The first-order valence-electron chi connectivity index (χ1n) is 19.4. The Labute approximate surface area is 311 Å². The van der Waals surface area contributed by atoms with Crippen molar-refractivity contribution in [1.82, 2.24) is 0 Å². The van der Waals surface area contributed by atoms with Gasteiger partial charge in [-0.05, 0) is 55.5 Å². The molecule has 0 bridgehead atoms. The van der Waals surface area contributed by atoms with E-state index in [1.165, 1.54) is 81.0 Å². The van der Waals surface area contributed by atoms with Crippen LogP contribution in [0.15, 0.2) is 24.3 Å². The molecule has 0 spiro atoms. The van der Waals surface area contributed by atoms with Gasteiger partial charge in [-0.3, -0.25) is 0 Å². The summed E-state index contributed by atoms with van der Waals surface area (Å²) in [5, 5.41) is 0. The van der Waals surface area contributed by atoms with Crippen molar-refractivity contribution in [2.45, 2.75) is 162 Å². The number of hydrogen-bond donors (Lipinski definition) is 0. The number of ether oxygens (including phenoxy) is 1. The van der Waals surface area contributed by atoms with E-state index in [0.29, 0.717) is 14.5 Å². The quantitative estimate of drug-likeness (QED) is 0.205. The molecule has 7 heteroatoms. The summed E-state index contributed by atoms with van der Waals surface area (Å²) in [6.07, 6.45) is 23.6. The first-order chi connectivity index (χ1) is 23.5. The Balaban J connectivity index is 0.000000211. The van der Waals surface area contributed by atoms with Gasteiger partial charge in [-0.25, -0.2) is 0 Å². The van der Waals surface area contributed by atoms with Crippen molar-refractivity contribution < 1.29 is 16.6 Å². The minimum atomic E-state index is -3.43. The summed E-state index contributed by atoms with van der Waals surface area (Å²) in [5.41, 5.74) is 13.5. The van der Waals surface area contributed by atoms with Gasteiger partial charge in [0.1, 0.15) is 0 Å². The van der Waals surface area contributed by atoms with E-state index in [1.54, 1.807) is 81.8 Å². The van der Waals surface area contributed by atoms with Crippen LogP contribution in [0, 0.1) is 41.5 Å². The Morgan fingerprint density at radius 1 is 0.612 bits per heavy atom. The van der Waals surface area contributed by atoms with Gasteiger partial charge in [0.05, 0.1) is 0 Å². The molecular formula is C42H65Cl2N2OPRu. The molecule has 3 aliphatic carbocycles. The molecule has 1 saturated heterocycles. The van der Waals surface area contributed by atoms with E-state index in [1.807, 2.05) is 6.92 Å². The van der Waals surface area contributed by atoms with Crippen LogP contribution in [0.25, 0.3) is 0 Å². The molecule has 4 fully saturated rings. The molecular weight excluding hydrogens is 751 g/mol. The van der Waals surface area contributed by atoms with E-state index in [0.717, 1.165) is 17.4 Å². The molecule has 0 aromatic heterocycles. The molecule has 0 amide bonds. The zero-order valence-electron chi connectivity index (χ0n) is 31.7. The average Bonchev–Trinajstić information content (AvgIpc) is 3.50. The molecule has 3 nitrogen and oxygen atoms in total. The van der Waals surface area contributed by atoms with Gasteiger partial charge in [-0.1, -0.05) is 65.7 Å². The summed E-state index contributed by atoms with van der Waals surface area (Å²) in [7, 11) is 14.6. The second kappa shape index (κ2) is 18.4. The third kappa shape index (κ3) is 9.88. The van der Waals surface area contributed by atoms with Crippen LogP contribution in [0.4, 0.5) is 11.4 Å². The van der Waals surface area contributed by atoms with Crippen LogP contribution in [-0.2, 0) is 16.6 Å². The van der Waals surface area contributed by atoms with Gasteiger partial charge in [-0.2, -0.15) is 0 Å². The van der Waals surface area contributed by atoms with Gasteiger partial charge in [0.2, 0.25) is 0 Å². The van der Waals surface area contributed by atoms with Crippen molar-refractivity contribution in [2.75, 3.05) is 29.5 Å². The fourth-order valence-electron chi connectivity index (χ4n) is 9.58. The molecule has 0 unspecified atom stereocenters. The Morgan fingerprint density at radius 2 is 0.939 bits per heavy atom. The summed E-state index contributed by atoms with van der Waals surface area (Å²) in [4.78, 5) is 6.40. The average molecular weight is 817 g/mol. The van der Waals surface area contributed by atoms with Crippen molar-refractivity contribution in [3.63, 3.8) is 0 Å². The maximum absolute atomic E-state index is 7.12. The molecule has 0 N–H and O–H groups in total. The fourth-order valence-corrected chi connectivity index (χ4v) is 19.4. The topological polar surface area (TPSA) is 15.7 Å². The van der Waals surface area contributed by atoms with Gasteiger partial charge >= 0.3 is 192 Å². The van der Waals surface area contributed by atoms with Crippen LogP contribution in [0.1, 0.15) is 137 Å². The van der Waals surface area contributed by atoms with Crippen molar-refractivity contribution in [3.05, 3.63) is 57.6 Å². The third-order valence-electron chi connectivity index (χ3n) is 11.3. The number of anilines is 2. The van der Waals surface area contributed by atoms with Gasteiger partial charge in [0.25, 0.3) is 0 Å². The van der Waals surface area contributed by atoms with Gasteiger partial charge in [-0.15, -0.1) is 0 Å². The van der Waals surface area contributed by atoms with Crippen LogP contribution in [0.5, 0.6) is 0 Å². The minimum absolute atomic E-state index is 0.385. The molecule has 0 atom stereocenters. The number of aryl methyl sites for hydroxylation is 6. The Hall–Kier alpha value is -0.627. The first kappa shape index (κ1) is 39.6. The van der Waals surface area contributed by atoms with Crippen LogP contribution in [0.2, 0.25) is 0 Å². The second-order valence-electron chi connectivity index (χ2n) is 15.4. The predicted octanol–water partition coefficient (Wildman–Crippen LogP) is 12.7. The molecule has 4 aliphatic rings. The van der Waals surface area contributed by atoms with Crippen LogP contribution >= 0.6 is 27.3 Å². The van der Waals surface area contributed by atoms with Crippen molar-refractivity contribution in [2.24, 2.45) is 0 Å². The summed E-state index contributed by atoms with van der Waals surface area (Å²) in [6, 6.07) is 8.91. The monoisotopic (exact) mass is 816 g/mol. The van der Waals surface area contributed by atoms with E-state index < -0.39 is 11.9 Å². The molecule has 6 rings (SSSR count). The van der Waals surface area contributed by atoms with E-state index in [-0.39, 0.29) is 0 Å². The molecule has 0 radical (unpaired) electrons. The summed E-state index contributed by atoms with van der Waals surface area (Å²) in [5.74, 6) is 0. The van der Waals surface area contributed by atoms with Crippen molar-refractivity contribution in [1.29, 1.82) is 0 Å². The standard InChI is InChI=1S/C21H26N2.C18H33P.C3H6O.2ClH.Ru/c1-14-9-16(3)20(17(4)10-14)22-7-8-23(13-22)21-18(5)11-15(2)12-19(21)6;1-4-10-16(11-5-1)19(17-12-6-2-7-13-17)18-14-8-3-9-15-18;1-3-4-2;;;/h9-12H,7-8H2,1-6H3;16-18H,1-15H2;2H,3H2,1H3;2*1H;/q;;;;;+2/p-2. The Morgan fingerprint density at radius 3 is 1.24 bits per heavy atom. The SMILES string of the molecule is C1CCC(P(C2CCCCC2)C2CCCCC2)CC1.CCO[CH]=[Ru]([Cl])([Cl])=[C]1N(c2c(C)cc(C)cc2C)CCN1c1c(C)cc(C)cc1C. The van der Waals surface area contributed by atoms with E-state index >= 15 is 0 Å². The Kier molecular flexibility index (Phi) is 14.9. The number of nitrogens with zero attached hydrogens (tertiary/aromatic N) is 2. The number of hydrogen-bond acceptors (Lipinski definition) is 3. The molecule has 3 saturated carbocycles.